The van der Waals surface area contributed by atoms with Gasteiger partial charge in [-0.1, -0.05) is 78.9 Å². The van der Waals surface area contributed by atoms with E-state index in [0.29, 0.717) is 87.2 Å². The number of amides is 2. The fourth-order valence-electron chi connectivity index (χ4n) is 15.1. The summed E-state index contributed by atoms with van der Waals surface area (Å²) >= 11 is 0.641. The molecule has 13 aromatic rings. The second-order valence-corrected chi connectivity index (χ2v) is 35.6. The quantitative estimate of drug-likeness (QED) is 0.00886. The minimum Gasteiger partial charge on any atom is -0.489 e. The Labute approximate surface area is 709 Å². The Balaban J connectivity index is 0.498. The molecular weight excluding hydrogens is 1670 g/mol. The Kier molecular flexibility index (Phi) is 24.2. The lowest BCUT2D eigenvalue weighted by Crippen LogP contribution is -2.41. The Hall–Kier alpha value is -12.1. The summed E-state index contributed by atoms with van der Waals surface area (Å²) < 4.78 is 134. The smallest absolute Gasteiger partial charge is 0.413 e. The molecule has 17 rings (SSSR count). The minimum absolute atomic E-state index is 0.00357. The number of unbranched alkanes of at least 4 members (excludes halogenated alkanes) is 1. The summed E-state index contributed by atoms with van der Waals surface area (Å²) in [4.78, 5) is 90.8. The number of hydrogen-bond acceptors (Lipinski definition) is 30. The average Bonchev–Trinajstić information content (AvgIpc) is 1.31. The number of nitrogens with one attached hydrogen (secondary N) is 2. The number of ether oxygens (including phenoxy) is 7. The van der Waals surface area contributed by atoms with Gasteiger partial charge in [-0.2, -0.15) is 0 Å². The highest BCUT2D eigenvalue weighted by Gasteiger charge is 2.54. The third kappa shape index (κ3) is 18.0. The first-order valence-electron chi connectivity index (χ1n) is 39.5. The number of carbonyl (C=O) groups is 4. The highest BCUT2D eigenvalue weighted by molar-refractivity contribution is 8.54. The van der Waals surface area contributed by atoms with Gasteiger partial charge in [0.25, 0.3) is 0 Å². The molecule has 0 bridgehead atoms. The van der Waals surface area contributed by atoms with Crippen LogP contribution in [0.2, 0.25) is 0 Å². The summed E-state index contributed by atoms with van der Waals surface area (Å²) in [5.74, 6) is 0.158. The van der Waals surface area contributed by atoms with Gasteiger partial charge < -0.3 is 80.4 Å². The van der Waals surface area contributed by atoms with E-state index >= 15 is 13.3 Å². The highest BCUT2D eigenvalue weighted by Crippen LogP contribution is 2.65. The van der Waals surface area contributed by atoms with Crippen LogP contribution in [0.5, 0.6) is 17.2 Å². The summed E-state index contributed by atoms with van der Waals surface area (Å²) in [6, 6.07) is 42.0. The number of anilines is 4. The molecule has 36 nitrogen and oxygen atoms in total. The summed E-state index contributed by atoms with van der Waals surface area (Å²) in [7, 11) is 1.33. The zero-order valence-electron chi connectivity index (χ0n) is 66.6. The Morgan fingerprint density at radius 3 is 2.02 bits per heavy atom. The van der Waals surface area contributed by atoms with Gasteiger partial charge in [0.15, 0.2) is 53.5 Å². The lowest BCUT2D eigenvalue weighted by Gasteiger charge is -2.35. The number of aliphatic hydroxyl groups is 1. The number of esters is 2. The van der Waals surface area contributed by atoms with Crippen molar-refractivity contribution in [3.63, 3.8) is 0 Å². The predicted molar refractivity (Wildman–Crippen MR) is 446 cm³/mol. The molecule has 124 heavy (non-hydrogen) atoms. The molecule has 42 heteroatoms. The number of pyridine rings is 1. The lowest BCUT2D eigenvalue weighted by atomic mass is 9.95. The summed E-state index contributed by atoms with van der Waals surface area (Å²) in [5, 5.41) is 22.4. The van der Waals surface area contributed by atoms with Crippen molar-refractivity contribution in [2.75, 3.05) is 48.1 Å². The Morgan fingerprint density at radius 1 is 0.710 bits per heavy atom. The normalized spacial score (nSPS) is 21.5. The molecule has 0 spiro atoms. The maximum Gasteiger partial charge on any atom is 0.413 e. The SMILES string of the molecule is [B-][P@]1(=O)OC[C@H]2O[C@@H](n3cnc4c(N)ncnc43)[C@H](F)[C@@H]2O[P@@](=O)(SCc2ccc(OC(=O)c3ccc(OCC[n+]4n[nH]c5c4-c4ccccc4N(C(=O)CCCCC(=O)Oc4ccc(COC(=O)Nc6nc7ccccc7c7c6nc(COCC)n7CC(C)(C)O)cc4)Cc4ccccc4-5)cc3)cc2)OC[C@H]2O[C@@H](n3cnc4c(N)ncnc43)[C@H](F)[C@@H]2O1. The number of carbonyl (C=O) groups excluding carboxylic acids is 4. The number of nitrogens with two attached hydrogens (primary N) is 2. The first kappa shape index (κ1) is 84.2. The van der Waals surface area contributed by atoms with Gasteiger partial charge in [-0.25, -0.2) is 62.8 Å². The number of nitrogen functional groups attached to an aromatic ring is 2. The molecule has 6 aromatic carbocycles. The number of hydrogen-bond donors (Lipinski definition) is 5. The Bertz CT molecular complexity index is 6290. The summed E-state index contributed by atoms with van der Waals surface area (Å²) in [6.45, 7) is 0.426. The molecule has 2 amide bonds. The number of halogens is 2. The van der Waals surface area contributed by atoms with Gasteiger partial charge in [0.05, 0.1) is 85.1 Å². The first-order valence-corrected chi connectivity index (χ1v) is 44.2. The molecule has 3 fully saturated rings. The number of nitrogens with zero attached hydrogens (tertiary/aromatic N) is 14. The van der Waals surface area contributed by atoms with E-state index in [1.807, 2.05) is 84.3 Å². The van der Waals surface area contributed by atoms with Gasteiger partial charge in [0.2, 0.25) is 17.3 Å². The molecule has 10 atom stereocenters. The van der Waals surface area contributed by atoms with Crippen molar-refractivity contribution in [3.05, 3.63) is 199 Å². The fraction of sp³-hybridized carbons (Fsp3) is 0.317. The van der Waals surface area contributed by atoms with E-state index in [0.717, 1.165) is 40.4 Å². The first-order chi connectivity index (χ1) is 59.9. The average molecular weight is 1750 g/mol. The molecule has 639 valence electrons. The zero-order valence-corrected chi connectivity index (χ0v) is 69.2. The van der Waals surface area contributed by atoms with Crippen LogP contribution in [0.4, 0.5) is 36.7 Å². The topological polar surface area (TPSA) is 442 Å². The van der Waals surface area contributed by atoms with Crippen molar-refractivity contribution >= 4 is 125 Å². The van der Waals surface area contributed by atoms with E-state index in [1.54, 1.807) is 84.1 Å². The standard InChI is InChI=1S/C82H79BF2N18O18P2S/c1-4-111-39-60-95-66-69(100(60)41-82(2,3)108)54-15-7-9-17-56(54)94-75(66)96-81(107)113-36-46-21-27-51(28-22-46)116-62(105)20-12-11-19-61(104)99-35-49-13-5-6-14-53(49)65-70(55-16-8-10-18-57(55)99)103(98-97-65)33-34-112-50-31-25-48(26-32-50)80(106)117-52-29-23-47(24-30-52)40-124-123(110)115-38-59-71(63(84)78(119-59)101-44-92-67-73(86)88-42-90-76(67)101)120-122(83,109)114-37-58-72(121-123)64(85)79(118-58)102-45-93-68-74(87)89-43-91-77(68)102/h5-10,13-18,21-32,42-45,58-59,63-64,71-72,78-79,108H,4,11-12,19-20,33-41H2,1-3H3,(H5,86,87,88,89,90,91,94,96,107)/q-1/p+1/t58-,59-,63-,64-,71-,72-,78-,79-,122+,123+/m1/s1. The van der Waals surface area contributed by atoms with E-state index in [9.17, 15) is 28.8 Å². The summed E-state index contributed by atoms with van der Waals surface area (Å²) in [5.41, 5.74) is 19.0. The van der Waals surface area contributed by atoms with Crippen LogP contribution in [-0.2, 0) is 94.4 Å². The van der Waals surface area contributed by atoms with Crippen LogP contribution in [0, 0.1) is 0 Å². The van der Waals surface area contributed by atoms with Gasteiger partial charge >= 0.3 is 24.8 Å². The predicted octanol–water partition coefficient (Wildman–Crippen LogP) is 12.0. The van der Waals surface area contributed by atoms with Crippen molar-refractivity contribution in [2.24, 2.45) is 0 Å². The molecule has 4 aliphatic rings. The molecule has 0 saturated carbocycles. The third-order valence-corrected chi connectivity index (χ3v) is 25.6. The second-order valence-electron chi connectivity index (χ2n) is 30.1. The lowest BCUT2D eigenvalue weighted by molar-refractivity contribution is -0.744. The van der Waals surface area contributed by atoms with Crippen LogP contribution in [0.15, 0.2) is 171 Å². The Morgan fingerprint density at radius 2 is 1.33 bits per heavy atom. The van der Waals surface area contributed by atoms with Crippen LogP contribution in [-0.4, -0.2) is 169 Å². The van der Waals surface area contributed by atoms with Crippen LogP contribution < -0.4 is 40.6 Å². The second kappa shape index (κ2) is 35.6. The van der Waals surface area contributed by atoms with Gasteiger partial charge in [0.1, 0.15) is 103 Å². The van der Waals surface area contributed by atoms with E-state index in [1.165, 1.54) is 33.9 Å². The van der Waals surface area contributed by atoms with E-state index in [-0.39, 0.29) is 115 Å². The van der Waals surface area contributed by atoms with Gasteiger partial charge in [-0.15, -0.1) is 9.78 Å². The molecule has 11 heterocycles. The zero-order chi connectivity index (χ0) is 86.1. The number of aromatic nitrogens is 14. The molecule has 3 radical (unpaired) electrons. The molecule has 3 saturated heterocycles. The molecule has 0 unspecified atom stereocenters. The monoisotopic (exact) mass is 1750 g/mol. The number of imidazole rings is 3. The molecule has 7 N–H and O–H groups in total. The van der Waals surface area contributed by atoms with Crippen molar-refractivity contribution in [3.8, 4) is 39.8 Å². The molecular formula is C82H80BF2N18O18P2S. The minimum atomic E-state index is -4.77. The number of alkyl halides is 2. The van der Waals surface area contributed by atoms with Gasteiger partial charge in [-0.3, -0.25) is 33.1 Å². The number of H-pyrrole nitrogens is 1. The van der Waals surface area contributed by atoms with Crippen LogP contribution in [0.1, 0.15) is 91.8 Å². The number of fused-ring (bicyclic) bond motifs is 12. The van der Waals surface area contributed by atoms with Gasteiger partial charge in [-0.05, 0) is 128 Å². The molecule has 7 aromatic heterocycles. The largest absolute Gasteiger partial charge is 0.489 e. The van der Waals surface area contributed by atoms with Gasteiger partial charge in [0, 0.05) is 36.2 Å². The summed E-state index contributed by atoms with van der Waals surface area (Å²) in [6.07, 6.45) is -9.26. The fourth-order valence-corrected chi connectivity index (χ4v) is 19.4. The number of para-hydroxylation sites is 2. The van der Waals surface area contributed by atoms with E-state index in [4.69, 9.17) is 85.5 Å². The van der Waals surface area contributed by atoms with Crippen LogP contribution in [0.3, 0.4) is 0 Å². The molecule has 4 aliphatic heterocycles. The number of rotatable bonds is 25. The van der Waals surface area contributed by atoms with Crippen LogP contribution >= 0.6 is 25.7 Å². The van der Waals surface area contributed by atoms with Crippen molar-refractivity contribution in [2.45, 2.75) is 140 Å². The van der Waals surface area contributed by atoms with Crippen molar-refractivity contribution < 1.29 is 98.1 Å². The van der Waals surface area contributed by atoms with Crippen molar-refractivity contribution in [1.29, 1.82) is 0 Å². The highest BCUT2D eigenvalue weighted by atomic mass is 32.7. The molecule has 0 aliphatic carbocycles. The maximum absolute atomic E-state index is 17.2. The number of aromatic amines is 1. The number of benzene rings is 6. The van der Waals surface area contributed by atoms with E-state index < -0.39 is 100 Å². The van der Waals surface area contributed by atoms with E-state index in [2.05, 4.69) is 40.3 Å². The maximum atomic E-state index is 17.2. The third-order valence-electron chi connectivity index (χ3n) is 20.9. The van der Waals surface area contributed by atoms with Crippen molar-refractivity contribution in [1.82, 2.24) is 63.9 Å². The van der Waals surface area contributed by atoms with Crippen LogP contribution in [0.25, 0.3) is 66.8 Å².